The van der Waals surface area contributed by atoms with Gasteiger partial charge in [0.1, 0.15) is 17.0 Å². The van der Waals surface area contributed by atoms with Crippen LogP contribution in [-0.4, -0.2) is 30.1 Å². The van der Waals surface area contributed by atoms with E-state index in [1.807, 2.05) is 0 Å². The zero-order valence-electron chi connectivity index (χ0n) is 11.3. The SMILES string of the molecule is Cc1ccc(C)c(S(=O)(=O)NCCc2ncn[nH]2)c1N. The van der Waals surface area contributed by atoms with E-state index in [0.29, 0.717) is 17.8 Å². The second kappa shape index (κ2) is 5.59. The molecule has 0 saturated carbocycles. The molecule has 8 heteroatoms. The third kappa shape index (κ3) is 2.97. The Kier molecular flexibility index (Phi) is 4.05. The summed E-state index contributed by atoms with van der Waals surface area (Å²) in [5, 5.41) is 6.38. The van der Waals surface area contributed by atoms with Gasteiger partial charge in [-0.25, -0.2) is 18.1 Å². The smallest absolute Gasteiger partial charge is 0.242 e. The molecule has 108 valence electrons. The Bertz CT molecular complexity index is 695. The predicted molar refractivity (Wildman–Crippen MR) is 75.6 cm³/mol. The Morgan fingerprint density at radius 2 is 2.00 bits per heavy atom. The molecule has 0 radical (unpaired) electrons. The van der Waals surface area contributed by atoms with Crippen molar-refractivity contribution in [1.82, 2.24) is 19.9 Å². The van der Waals surface area contributed by atoms with Gasteiger partial charge in [-0.2, -0.15) is 5.10 Å². The quantitative estimate of drug-likeness (QED) is 0.696. The zero-order chi connectivity index (χ0) is 14.8. The van der Waals surface area contributed by atoms with E-state index in [1.54, 1.807) is 26.0 Å². The minimum atomic E-state index is -3.63. The van der Waals surface area contributed by atoms with Crippen LogP contribution in [0.5, 0.6) is 0 Å². The average molecular weight is 295 g/mol. The second-order valence-electron chi connectivity index (χ2n) is 4.52. The van der Waals surface area contributed by atoms with Crippen molar-refractivity contribution < 1.29 is 8.42 Å². The molecule has 0 spiro atoms. The van der Waals surface area contributed by atoms with Crippen LogP contribution < -0.4 is 10.5 Å². The van der Waals surface area contributed by atoms with Crippen LogP contribution in [0.15, 0.2) is 23.4 Å². The number of aromatic nitrogens is 3. The van der Waals surface area contributed by atoms with Crippen LogP contribution in [0.1, 0.15) is 17.0 Å². The minimum Gasteiger partial charge on any atom is -0.397 e. The van der Waals surface area contributed by atoms with Gasteiger partial charge in [0.15, 0.2) is 0 Å². The maximum Gasteiger partial charge on any atom is 0.242 e. The van der Waals surface area contributed by atoms with Crippen LogP contribution in [0.25, 0.3) is 0 Å². The second-order valence-corrected chi connectivity index (χ2v) is 6.23. The predicted octanol–water partition coefficient (Wildman–Crippen LogP) is 0.525. The van der Waals surface area contributed by atoms with Gasteiger partial charge < -0.3 is 5.73 Å². The standard InChI is InChI=1S/C12H17N5O2S/c1-8-3-4-9(2)12(11(8)13)20(18,19)16-6-5-10-14-7-15-17-10/h3-4,7,16H,5-6,13H2,1-2H3,(H,14,15,17). The van der Waals surface area contributed by atoms with Crippen LogP contribution in [-0.2, 0) is 16.4 Å². The molecule has 1 heterocycles. The van der Waals surface area contributed by atoms with Gasteiger partial charge in [-0.3, -0.25) is 5.10 Å². The minimum absolute atomic E-state index is 0.148. The van der Waals surface area contributed by atoms with E-state index >= 15 is 0 Å². The summed E-state index contributed by atoms with van der Waals surface area (Å²) in [6, 6.07) is 3.55. The summed E-state index contributed by atoms with van der Waals surface area (Å²) in [7, 11) is -3.63. The van der Waals surface area contributed by atoms with E-state index in [1.165, 1.54) is 6.33 Å². The molecule has 0 unspecified atom stereocenters. The number of anilines is 1. The van der Waals surface area contributed by atoms with Crippen molar-refractivity contribution in [3.63, 3.8) is 0 Å². The van der Waals surface area contributed by atoms with E-state index in [4.69, 9.17) is 5.73 Å². The summed E-state index contributed by atoms with van der Waals surface area (Å²) in [5.74, 6) is 0.627. The number of nitrogens with zero attached hydrogens (tertiary/aromatic N) is 2. The lowest BCUT2D eigenvalue weighted by Crippen LogP contribution is -2.28. The maximum atomic E-state index is 12.3. The number of rotatable bonds is 5. The monoisotopic (exact) mass is 295 g/mol. The number of hydrogen-bond donors (Lipinski definition) is 3. The van der Waals surface area contributed by atoms with Gasteiger partial charge in [0.05, 0.1) is 5.69 Å². The van der Waals surface area contributed by atoms with Gasteiger partial charge in [-0.05, 0) is 25.0 Å². The first-order valence-electron chi connectivity index (χ1n) is 6.11. The van der Waals surface area contributed by atoms with Crippen LogP contribution >= 0.6 is 0 Å². The molecule has 0 aliphatic heterocycles. The number of hydrogen-bond acceptors (Lipinski definition) is 5. The van der Waals surface area contributed by atoms with E-state index in [9.17, 15) is 8.42 Å². The Hall–Kier alpha value is -1.93. The summed E-state index contributed by atoms with van der Waals surface area (Å²) in [6.07, 6.45) is 1.82. The number of benzene rings is 1. The largest absolute Gasteiger partial charge is 0.397 e. The maximum absolute atomic E-state index is 12.3. The van der Waals surface area contributed by atoms with Crippen molar-refractivity contribution in [2.45, 2.75) is 25.2 Å². The van der Waals surface area contributed by atoms with E-state index in [-0.39, 0.29) is 17.1 Å². The molecule has 4 N–H and O–H groups in total. The van der Waals surface area contributed by atoms with Crippen LogP contribution in [0.3, 0.4) is 0 Å². The Morgan fingerprint density at radius 1 is 1.30 bits per heavy atom. The van der Waals surface area contributed by atoms with Gasteiger partial charge in [0.25, 0.3) is 0 Å². The lowest BCUT2D eigenvalue weighted by Gasteiger charge is -2.13. The number of aryl methyl sites for hydroxylation is 2. The fourth-order valence-corrected chi connectivity index (χ4v) is 3.35. The molecule has 0 aliphatic rings. The summed E-state index contributed by atoms with van der Waals surface area (Å²) >= 11 is 0. The molecule has 0 saturated heterocycles. The van der Waals surface area contributed by atoms with Crippen molar-refractivity contribution in [2.75, 3.05) is 12.3 Å². The van der Waals surface area contributed by atoms with E-state index in [2.05, 4.69) is 19.9 Å². The van der Waals surface area contributed by atoms with Gasteiger partial charge in [-0.1, -0.05) is 12.1 Å². The van der Waals surface area contributed by atoms with Gasteiger partial charge in [-0.15, -0.1) is 0 Å². The molecule has 0 aliphatic carbocycles. The van der Waals surface area contributed by atoms with Crippen molar-refractivity contribution in [3.05, 3.63) is 35.4 Å². The highest BCUT2D eigenvalue weighted by molar-refractivity contribution is 7.89. The number of aromatic amines is 1. The van der Waals surface area contributed by atoms with E-state index in [0.717, 1.165) is 5.56 Å². The summed E-state index contributed by atoms with van der Waals surface area (Å²) in [4.78, 5) is 4.08. The fraction of sp³-hybridized carbons (Fsp3) is 0.333. The first-order valence-corrected chi connectivity index (χ1v) is 7.59. The fourth-order valence-electron chi connectivity index (χ4n) is 1.89. The first kappa shape index (κ1) is 14.5. The zero-order valence-corrected chi connectivity index (χ0v) is 12.2. The molecule has 7 nitrogen and oxygen atoms in total. The highest BCUT2D eigenvalue weighted by Crippen LogP contribution is 2.25. The Labute approximate surface area is 117 Å². The molecule has 20 heavy (non-hydrogen) atoms. The number of nitrogen functional groups attached to an aromatic ring is 1. The summed E-state index contributed by atoms with van der Waals surface area (Å²) < 4.78 is 27.2. The van der Waals surface area contributed by atoms with Crippen molar-refractivity contribution >= 4 is 15.7 Å². The van der Waals surface area contributed by atoms with Gasteiger partial charge in [0, 0.05) is 13.0 Å². The molecular weight excluding hydrogens is 278 g/mol. The van der Waals surface area contributed by atoms with Crippen molar-refractivity contribution in [2.24, 2.45) is 0 Å². The lowest BCUT2D eigenvalue weighted by molar-refractivity contribution is 0.580. The molecule has 1 aromatic carbocycles. The third-order valence-corrected chi connectivity index (χ3v) is 4.66. The van der Waals surface area contributed by atoms with Crippen molar-refractivity contribution in [3.8, 4) is 0 Å². The molecular formula is C12H17N5O2S. The number of sulfonamides is 1. The Balaban J connectivity index is 2.16. The molecule has 2 rings (SSSR count). The summed E-state index contributed by atoms with van der Waals surface area (Å²) in [6.45, 7) is 3.73. The average Bonchev–Trinajstić information content (AvgIpc) is 2.87. The molecule has 1 aromatic heterocycles. The highest BCUT2D eigenvalue weighted by atomic mass is 32.2. The normalized spacial score (nSPS) is 11.7. The van der Waals surface area contributed by atoms with Crippen LogP contribution in [0, 0.1) is 13.8 Å². The summed E-state index contributed by atoms with van der Waals surface area (Å²) in [5.41, 5.74) is 7.54. The number of nitrogens with two attached hydrogens (primary N) is 1. The molecule has 0 amide bonds. The topological polar surface area (TPSA) is 114 Å². The van der Waals surface area contributed by atoms with Crippen LogP contribution in [0.2, 0.25) is 0 Å². The molecule has 0 fully saturated rings. The molecule has 0 bridgehead atoms. The molecule has 0 atom stereocenters. The lowest BCUT2D eigenvalue weighted by atomic mass is 10.1. The van der Waals surface area contributed by atoms with Crippen molar-refractivity contribution in [1.29, 1.82) is 0 Å². The third-order valence-electron chi connectivity index (χ3n) is 3.00. The van der Waals surface area contributed by atoms with E-state index < -0.39 is 10.0 Å². The number of nitrogens with one attached hydrogen (secondary N) is 2. The van der Waals surface area contributed by atoms with Gasteiger partial charge >= 0.3 is 0 Å². The number of H-pyrrole nitrogens is 1. The first-order chi connectivity index (χ1) is 9.42. The van der Waals surface area contributed by atoms with Gasteiger partial charge in [0.2, 0.25) is 10.0 Å². The molecule has 2 aromatic rings. The van der Waals surface area contributed by atoms with Crippen LogP contribution in [0.4, 0.5) is 5.69 Å². The Morgan fingerprint density at radius 3 is 2.65 bits per heavy atom. The highest BCUT2D eigenvalue weighted by Gasteiger charge is 2.20.